The molecule has 2 aliphatic rings. The summed E-state index contributed by atoms with van der Waals surface area (Å²) in [6, 6.07) is 3.91. The van der Waals surface area contributed by atoms with Crippen LogP contribution in [0.2, 0.25) is 0 Å². The van der Waals surface area contributed by atoms with Gasteiger partial charge in [0.05, 0.1) is 14.2 Å². The number of thiocarbonyl (C=S) groups is 1. The van der Waals surface area contributed by atoms with E-state index in [0.717, 1.165) is 30.5 Å². The fraction of sp³-hybridized carbons (Fsp3) is 0.500. The van der Waals surface area contributed by atoms with Crippen molar-refractivity contribution in [2.24, 2.45) is 0 Å². The molecule has 0 saturated carbocycles. The van der Waals surface area contributed by atoms with Gasteiger partial charge in [0, 0.05) is 24.1 Å². The lowest BCUT2D eigenvalue weighted by atomic mass is 9.97. The van der Waals surface area contributed by atoms with Crippen molar-refractivity contribution in [3.8, 4) is 11.5 Å². The quantitative estimate of drug-likeness (QED) is 0.775. The van der Waals surface area contributed by atoms with Crippen molar-refractivity contribution in [1.29, 1.82) is 0 Å². The van der Waals surface area contributed by atoms with Gasteiger partial charge in [0.2, 0.25) is 0 Å². The van der Waals surface area contributed by atoms with Crippen molar-refractivity contribution >= 4 is 17.3 Å². The van der Waals surface area contributed by atoms with Gasteiger partial charge < -0.3 is 14.2 Å². The van der Waals surface area contributed by atoms with E-state index in [-0.39, 0.29) is 0 Å². The Morgan fingerprint density at radius 2 is 1.95 bits per heavy atom. The second-order valence-electron chi connectivity index (χ2n) is 4.95. The fourth-order valence-electron chi connectivity index (χ4n) is 3.03. The van der Waals surface area contributed by atoms with E-state index < -0.39 is 5.72 Å². The second-order valence-corrected chi connectivity index (χ2v) is 5.32. The van der Waals surface area contributed by atoms with Crippen LogP contribution < -0.4 is 9.47 Å². The lowest BCUT2D eigenvalue weighted by molar-refractivity contribution is -0.0458. The van der Waals surface area contributed by atoms with Crippen LogP contribution in [0.25, 0.3) is 0 Å². The minimum atomic E-state index is -0.411. The zero-order valence-corrected chi connectivity index (χ0v) is 12.2. The van der Waals surface area contributed by atoms with Crippen molar-refractivity contribution < 1.29 is 14.2 Å². The van der Waals surface area contributed by atoms with Gasteiger partial charge in [0.25, 0.3) is 0 Å². The number of likely N-dealkylation sites (tertiary alicyclic amines) is 1. The molecule has 0 amide bonds. The number of rotatable bonds is 2. The zero-order valence-electron chi connectivity index (χ0n) is 11.4. The average Bonchev–Trinajstić information content (AvgIpc) is 2.91. The molecule has 0 radical (unpaired) electrons. The molecule has 3 rings (SSSR count). The monoisotopic (exact) mass is 279 g/mol. The molecule has 0 bridgehead atoms. The van der Waals surface area contributed by atoms with E-state index in [1.807, 2.05) is 12.1 Å². The van der Waals surface area contributed by atoms with E-state index in [1.165, 1.54) is 0 Å². The average molecular weight is 279 g/mol. The summed E-state index contributed by atoms with van der Waals surface area (Å²) in [5, 5.41) is 0.546. The third-order valence-electron chi connectivity index (χ3n) is 4.05. The minimum Gasteiger partial charge on any atom is -0.493 e. The topological polar surface area (TPSA) is 30.9 Å². The number of ether oxygens (including phenoxy) is 3. The van der Waals surface area contributed by atoms with Gasteiger partial charge in [-0.3, -0.25) is 4.90 Å². The zero-order chi connectivity index (χ0) is 13.6. The maximum atomic E-state index is 6.04. The van der Waals surface area contributed by atoms with E-state index >= 15 is 0 Å². The van der Waals surface area contributed by atoms with Crippen molar-refractivity contribution in [3.05, 3.63) is 23.3 Å². The minimum absolute atomic E-state index is 0.411. The highest BCUT2D eigenvalue weighted by Gasteiger charge is 2.50. The predicted molar refractivity (Wildman–Crippen MR) is 75.9 cm³/mol. The standard InChI is InChI=1S/C14H17NO3S/c1-15-6-4-5-14(15)10-8-12(17-3)11(16-2)7-9(10)13(19)18-14/h7-8H,4-6H2,1-3H3. The number of hydrogen-bond donors (Lipinski definition) is 0. The van der Waals surface area contributed by atoms with Gasteiger partial charge in [-0.2, -0.15) is 0 Å². The fourth-order valence-corrected chi connectivity index (χ4v) is 3.34. The molecule has 1 aromatic carbocycles. The Morgan fingerprint density at radius 1 is 1.26 bits per heavy atom. The number of methoxy groups -OCH3 is 2. The SMILES string of the molecule is COc1cc2c(cc1OC)C1(CCCN1C)OC2=S. The first-order valence-corrected chi connectivity index (χ1v) is 6.74. The van der Waals surface area contributed by atoms with Crippen LogP contribution in [-0.2, 0) is 10.5 Å². The molecule has 1 atom stereocenters. The number of benzene rings is 1. The van der Waals surface area contributed by atoms with Gasteiger partial charge in [0.1, 0.15) is 0 Å². The third-order valence-corrected chi connectivity index (χ3v) is 4.36. The van der Waals surface area contributed by atoms with Crippen molar-refractivity contribution in [2.45, 2.75) is 18.6 Å². The molecule has 4 nitrogen and oxygen atoms in total. The maximum Gasteiger partial charge on any atom is 0.194 e. The molecule has 1 unspecified atom stereocenters. The highest BCUT2D eigenvalue weighted by Crippen LogP contribution is 2.48. The van der Waals surface area contributed by atoms with E-state index in [0.29, 0.717) is 16.5 Å². The molecule has 19 heavy (non-hydrogen) atoms. The van der Waals surface area contributed by atoms with E-state index in [9.17, 15) is 0 Å². The van der Waals surface area contributed by atoms with Crippen LogP contribution in [0.1, 0.15) is 24.0 Å². The Kier molecular flexibility index (Phi) is 2.91. The molecule has 1 saturated heterocycles. The Hall–Kier alpha value is -1.33. The summed E-state index contributed by atoms with van der Waals surface area (Å²) in [6.07, 6.45) is 2.05. The Morgan fingerprint density at radius 3 is 2.53 bits per heavy atom. The summed E-state index contributed by atoms with van der Waals surface area (Å²) < 4.78 is 16.8. The Balaban J connectivity index is 2.19. The molecule has 1 aromatic rings. The molecule has 0 aromatic heterocycles. The van der Waals surface area contributed by atoms with Crippen LogP contribution in [0, 0.1) is 0 Å². The summed E-state index contributed by atoms with van der Waals surface area (Å²) in [4.78, 5) is 2.22. The highest BCUT2D eigenvalue weighted by atomic mass is 32.1. The van der Waals surface area contributed by atoms with Gasteiger partial charge >= 0.3 is 0 Å². The molecule has 1 spiro atoms. The predicted octanol–water partition coefficient (Wildman–Crippen LogP) is 2.29. The van der Waals surface area contributed by atoms with Crippen LogP contribution in [0.15, 0.2) is 12.1 Å². The van der Waals surface area contributed by atoms with Crippen LogP contribution >= 0.6 is 12.2 Å². The highest BCUT2D eigenvalue weighted by molar-refractivity contribution is 7.80. The molecule has 102 valence electrons. The smallest absolute Gasteiger partial charge is 0.194 e. The maximum absolute atomic E-state index is 6.04. The van der Waals surface area contributed by atoms with Crippen molar-refractivity contribution in [3.63, 3.8) is 0 Å². The summed E-state index contributed by atoms with van der Waals surface area (Å²) >= 11 is 5.38. The van der Waals surface area contributed by atoms with Crippen molar-refractivity contribution in [2.75, 3.05) is 27.8 Å². The molecule has 2 heterocycles. The molecule has 0 N–H and O–H groups in total. The molecular formula is C14H17NO3S. The van der Waals surface area contributed by atoms with Crippen LogP contribution in [0.3, 0.4) is 0 Å². The Bertz CT molecular complexity index is 546. The van der Waals surface area contributed by atoms with E-state index in [4.69, 9.17) is 26.4 Å². The van der Waals surface area contributed by atoms with Crippen LogP contribution in [-0.4, -0.2) is 37.8 Å². The summed E-state index contributed by atoms with van der Waals surface area (Å²) in [5.41, 5.74) is 1.63. The first-order chi connectivity index (χ1) is 9.12. The van der Waals surface area contributed by atoms with E-state index in [1.54, 1.807) is 14.2 Å². The second kappa shape index (κ2) is 4.35. The van der Waals surface area contributed by atoms with Gasteiger partial charge in [-0.05, 0) is 37.8 Å². The van der Waals surface area contributed by atoms with Crippen LogP contribution in [0.5, 0.6) is 11.5 Å². The first-order valence-electron chi connectivity index (χ1n) is 6.33. The normalized spacial score (nSPS) is 25.5. The number of fused-ring (bicyclic) bond motifs is 2. The molecule has 5 heteroatoms. The molecule has 0 aliphatic carbocycles. The van der Waals surface area contributed by atoms with Gasteiger partial charge in [-0.1, -0.05) is 0 Å². The number of hydrogen-bond acceptors (Lipinski definition) is 5. The lowest BCUT2D eigenvalue weighted by Gasteiger charge is -2.31. The summed E-state index contributed by atoms with van der Waals surface area (Å²) in [5.74, 6) is 1.40. The van der Waals surface area contributed by atoms with Crippen LogP contribution in [0.4, 0.5) is 0 Å². The van der Waals surface area contributed by atoms with Gasteiger partial charge in [-0.15, -0.1) is 0 Å². The van der Waals surface area contributed by atoms with Crippen molar-refractivity contribution in [1.82, 2.24) is 4.90 Å². The first kappa shape index (κ1) is 12.7. The van der Waals surface area contributed by atoms with Gasteiger partial charge in [-0.25, -0.2) is 0 Å². The molecular weight excluding hydrogens is 262 g/mol. The molecule has 2 aliphatic heterocycles. The third kappa shape index (κ3) is 1.65. The summed E-state index contributed by atoms with van der Waals surface area (Å²) in [6.45, 7) is 1.01. The number of nitrogens with zero attached hydrogens (tertiary/aromatic N) is 1. The lowest BCUT2D eigenvalue weighted by Crippen LogP contribution is -2.38. The largest absolute Gasteiger partial charge is 0.493 e. The Labute approximate surface area is 118 Å². The summed E-state index contributed by atoms with van der Waals surface area (Å²) in [7, 11) is 5.34. The van der Waals surface area contributed by atoms with Gasteiger partial charge in [0.15, 0.2) is 22.3 Å². The van der Waals surface area contributed by atoms with E-state index in [2.05, 4.69) is 11.9 Å². The molecule has 1 fully saturated rings.